The molecular formula is C9H12FNO2S. The normalized spacial score (nSPS) is 11.5. The van der Waals surface area contributed by atoms with Crippen molar-refractivity contribution in [2.24, 2.45) is 0 Å². The van der Waals surface area contributed by atoms with E-state index in [1.165, 1.54) is 12.1 Å². The van der Waals surface area contributed by atoms with Gasteiger partial charge >= 0.3 is 0 Å². The Hall–Kier alpha value is -1.10. The van der Waals surface area contributed by atoms with Crippen molar-refractivity contribution in [1.82, 2.24) is 0 Å². The molecule has 0 radical (unpaired) electrons. The second-order valence-electron chi connectivity index (χ2n) is 2.93. The summed E-state index contributed by atoms with van der Waals surface area (Å²) in [7, 11) is -3.36. The van der Waals surface area contributed by atoms with Gasteiger partial charge in [-0.15, -0.1) is 0 Å². The summed E-state index contributed by atoms with van der Waals surface area (Å²) in [5.74, 6) is -0.174. The lowest BCUT2D eigenvalue weighted by atomic mass is 10.3. The summed E-state index contributed by atoms with van der Waals surface area (Å²) in [5.41, 5.74) is 5.84. The molecule has 78 valence electrons. The van der Waals surface area contributed by atoms with Crippen LogP contribution in [0, 0.1) is 0 Å². The van der Waals surface area contributed by atoms with E-state index >= 15 is 0 Å². The molecule has 5 heteroatoms. The van der Waals surface area contributed by atoms with E-state index < -0.39 is 16.5 Å². The second-order valence-corrected chi connectivity index (χ2v) is 5.04. The van der Waals surface area contributed by atoms with Gasteiger partial charge in [0.15, 0.2) is 9.84 Å². The van der Waals surface area contributed by atoms with Gasteiger partial charge in [-0.05, 0) is 24.6 Å². The molecule has 2 N–H and O–H groups in total. The molecule has 0 unspecified atom stereocenters. The van der Waals surface area contributed by atoms with Gasteiger partial charge in [-0.3, -0.25) is 4.39 Å². The van der Waals surface area contributed by atoms with E-state index in [2.05, 4.69) is 0 Å². The maximum atomic E-state index is 11.8. The largest absolute Gasteiger partial charge is 0.399 e. The fraction of sp³-hybridized carbons (Fsp3) is 0.333. The maximum absolute atomic E-state index is 11.8. The highest BCUT2D eigenvalue weighted by Gasteiger charge is 2.13. The molecule has 0 aromatic heterocycles. The topological polar surface area (TPSA) is 60.2 Å². The van der Waals surface area contributed by atoms with Crippen molar-refractivity contribution < 1.29 is 12.8 Å². The van der Waals surface area contributed by atoms with Gasteiger partial charge in [0.1, 0.15) is 0 Å². The average Bonchev–Trinajstić information content (AvgIpc) is 2.15. The Morgan fingerprint density at radius 3 is 2.64 bits per heavy atom. The average molecular weight is 217 g/mol. The number of alkyl halides is 1. The standard InChI is InChI=1S/C9H12FNO2S/c10-5-2-6-14(12,13)9-4-1-3-8(11)7-9/h1,3-4,7H,2,5-6,11H2. The zero-order valence-electron chi connectivity index (χ0n) is 7.61. The second kappa shape index (κ2) is 4.41. The summed E-state index contributed by atoms with van der Waals surface area (Å²) in [6.07, 6.45) is 0.0249. The fourth-order valence-corrected chi connectivity index (χ4v) is 2.40. The van der Waals surface area contributed by atoms with Crippen molar-refractivity contribution in [3.63, 3.8) is 0 Å². The van der Waals surface area contributed by atoms with Crippen LogP contribution in [0.2, 0.25) is 0 Å². The van der Waals surface area contributed by atoms with Crippen molar-refractivity contribution in [2.75, 3.05) is 18.2 Å². The number of anilines is 1. The Morgan fingerprint density at radius 2 is 2.07 bits per heavy atom. The van der Waals surface area contributed by atoms with Gasteiger partial charge in [-0.25, -0.2) is 8.42 Å². The molecule has 0 aliphatic rings. The zero-order chi connectivity index (χ0) is 10.6. The molecule has 0 bridgehead atoms. The van der Waals surface area contributed by atoms with E-state index in [-0.39, 0.29) is 17.1 Å². The van der Waals surface area contributed by atoms with Crippen LogP contribution in [0.15, 0.2) is 29.2 Å². The first-order valence-electron chi connectivity index (χ1n) is 4.20. The van der Waals surface area contributed by atoms with E-state index in [1.54, 1.807) is 12.1 Å². The third-order valence-corrected chi connectivity index (χ3v) is 3.56. The maximum Gasteiger partial charge on any atom is 0.178 e. The molecule has 0 aliphatic carbocycles. The number of benzene rings is 1. The zero-order valence-corrected chi connectivity index (χ0v) is 8.43. The van der Waals surface area contributed by atoms with Crippen LogP contribution in [-0.4, -0.2) is 20.8 Å². The fourth-order valence-electron chi connectivity index (χ4n) is 1.07. The summed E-state index contributed by atoms with van der Waals surface area (Å²) in [5, 5.41) is 0. The lowest BCUT2D eigenvalue weighted by Gasteiger charge is -2.03. The number of hydrogen-bond acceptors (Lipinski definition) is 3. The molecule has 0 atom stereocenters. The highest BCUT2D eigenvalue weighted by molar-refractivity contribution is 7.91. The summed E-state index contributed by atoms with van der Waals surface area (Å²) in [6, 6.07) is 6.02. The third kappa shape index (κ3) is 2.70. The Balaban J connectivity index is 2.93. The Labute approximate surface area is 82.7 Å². The molecule has 1 aromatic rings. The van der Waals surface area contributed by atoms with Gasteiger partial charge in [-0.1, -0.05) is 6.07 Å². The van der Waals surface area contributed by atoms with Gasteiger partial charge in [-0.2, -0.15) is 0 Å². The molecule has 0 saturated heterocycles. The minimum absolute atomic E-state index is 0.0249. The molecule has 14 heavy (non-hydrogen) atoms. The van der Waals surface area contributed by atoms with Crippen LogP contribution in [0.3, 0.4) is 0 Å². The predicted octanol–water partition coefficient (Wildman–Crippen LogP) is 1.40. The van der Waals surface area contributed by atoms with Crippen LogP contribution < -0.4 is 5.73 Å². The summed E-state index contributed by atoms with van der Waals surface area (Å²) >= 11 is 0. The quantitative estimate of drug-likeness (QED) is 0.775. The molecule has 1 aromatic carbocycles. The Bertz CT molecular complexity index is 403. The van der Waals surface area contributed by atoms with E-state index in [0.29, 0.717) is 5.69 Å². The number of sulfone groups is 1. The van der Waals surface area contributed by atoms with E-state index in [0.717, 1.165) is 0 Å². The van der Waals surface area contributed by atoms with Crippen molar-refractivity contribution in [1.29, 1.82) is 0 Å². The number of halogens is 1. The molecule has 3 nitrogen and oxygen atoms in total. The first kappa shape index (κ1) is 11.0. The first-order chi connectivity index (χ1) is 6.56. The molecule has 0 fully saturated rings. The van der Waals surface area contributed by atoms with Crippen molar-refractivity contribution >= 4 is 15.5 Å². The lowest BCUT2D eigenvalue weighted by Crippen LogP contribution is -2.07. The van der Waals surface area contributed by atoms with E-state index in [9.17, 15) is 12.8 Å². The van der Waals surface area contributed by atoms with Crippen LogP contribution in [0.25, 0.3) is 0 Å². The highest BCUT2D eigenvalue weighted by atomic mass is 32.2. The molecule has 0 aliphatic heterocycles. The third-order valence-electron chi connectivity index (χ3n) is 1.76. The van der Waals surface area contributed by atoms with Gasteiger partial charge in [0.05, 0.1) is 17.3 Å². The smallest absolute Gasteiger partial charge is 0.178 e. The molecular weight excluding hydrogens is 205 g/mol. The van der Waals surface area contributed by atoms with E-state index in [1.807, 2.05) is 0 Å². The number of nitrogen functional groups attached to an aromatic ring is 1. The van der Waals surface area contributed by atoms with E-state index in [4.69, 9.17) is 5.73 Å². The SMILES string of the molecule is Nc1cccc(S(=O)(=O)CCCF)c1. The van der Waals surface area contributed by atoms with Crippen molar-refractivity contribution in [3.05, 3.63) is 24.3 Å². The van der Waals surface area contributed by atoms with Gasteiger partial charge in [0.2, 0.25) is 0 Å². The number of nitrogens with two attached hydrogens (primary N) is 1. The molecule has 1 rings (SSSR count). The minimum atomic E-state index is -3.36. The summed E-state index contributed by atoms with van der Waals surface area (Å²) in [4.78, 5) is 0.158. The minimum Gasteiger partial charge on any atom is -0.399 e. The van der Waals surface area contributed by atoms with Gasteiger partial charge in [0, 0.05) is 5.69 Å². The van der Waals surface area contributed by atoms with Crippen molar-refractivity contribution in [3.8, 4) is 0 Å². The molecule has 0 amide bonds. The molecule has 0 saturated carbocycles. The summed E-state index contributed by atoms with van der Waals surface area (Å²) < 4.78 is 34.9. The first-order valence-corrected chi connectivity index (χ1v) is 5.86. The van der Waals surface area contributed by atoms with Gasteiger partial charge in [0.25, 0.3) is 0 Å². The van der Waals surface area contributed by atoms with Crippen LogP contribution >= 0.6 is 0 Å². The summed E-state index contributed by atoms with van der Waals surface area (Å²) in [6.45, 7) is -0.623. The van der Waals surface area contributed by atoms with Crippen LogP contribution in [0.1, 0.15) is 6.42 Å². The number of rotatable bonds is 4. The molecule has 0 spiro atoms. The lowest BCUT2D eigenvalue weighted by molar-refractivity contribution is 0.484. The van der Waals surface area contributed by atoms with Crippen molar-refractivity contribution in [2.45, 2.75) is 11.3 Å². The number of hydrogen-bond donors (Lipinski definition) is 1. The molecule has 0 heterocycles. The van der Waals surface area contributed by atoms with Crippen LogP contribution in [-0.2, 0) is 9.84 Å². The monoisotopic (exact) mass is 217 g/mol. The Morgan fingerprint density at radius 1 is 1.36 bits per heavy atom. The Kier molecular flexibility index (Phi) is 3.46. The van der Waals surface area contributed by atoms with Crippen LogP contribution in [0.5, 0.6) is 0 Å². The van der Waals surface area contributed by atoms with Gasteiger partial charge < -0.3 is 5.73 Å². The predicted molar refractivity (Wildman–Crippen MR) is 53.5 cm³/mol. The van der Waals surface area contributed by atoms with Crippen LogP contribution in [0.4, 0.5) is 10.1 Å². The highest BCUT2D eigenvalue weighted by Crippen LogP contribution is 2.15.